The molecule has 5 N–H and O–H groups in total. The highest BCUT2D eigenvalue weighted by Gasteiger charge is 2.35. The Hall–Kier alpha value is -3.12. The number of nitrogens with one attached hydrogen (secondary N) is 4. The summed E-state index contributed by atoms with van der Waals surface area (Å²) in [4.78, 5) is 12.8. The molecular weight excluding hydrogens is 400 g/mol. The standard InChI is InChI=1S/C26H34N4O2/c1-5-18-8-7-16(3)20(13-18)21-15-22-23(14-19(21)6-2)30-26(32)25(22)17(4)29-24(27)9-10-28-11-12-31/h7-10,13-15,19,21,28,31H,5-6,11-12H2,1-4H3,(H2,27,29)(H,30,32)/b10-9-,25-17-. The second kappa shape index (κ2) is 10.5. The van der Waals surface area contributed by atoms with Crippen molar-refractivity contribution in [1.29, 1.82) is 5.41 Å². The minimum atomic E-state index is -0.141. The average Bonchev–Trinajstić information content (AvgIpc) is 3.10. The molecular formula is C26H34N4O2. The number of amides is 1. The van der Waals surface area contributed by atoms with E-state index in [0.717, 1.165) is 24.1 Å². The van der Waals surface area contributed by atoms with Crippen molar-refractivity contribution in [3.05, 3.63) is 81.9 Å². The van der Waals surface area contributed by atoms with Crippen molar-refractivity contribution in [2.24, 2.45) is 5.92 Å². The zero-order chi connectivity index (χ0) is 23.3. The number of fused-ring (bicyclic) bond motifs is 1. The zero-order valence-electron chi connectivity index (χ0n) is 19.4. The molecule has 0 aromatic heterocycles. The maximum absolute atomic E-state index is 12.8. The lowest BCUT2D eigenvalue weighted by atomic mass is 9.76. The minimum absolute atomic E-state index is 0.0260. The Labute approximate surface area is 190 Å². The number of benzene rings is 1. The van der Waals surface area contributed by atoms with Crippen LogP contribution >= 0.6 is 0 Å². The number of aliphatic hydroxyl groups is 1. The van der Waals surface area contributed by atoms with Gasteiger partial charge in [0.05, 0.1) is 12.2 Å². The van der Waals surface area contributed by atoms with Crippen molar-refractivity contribution in [1.82, 2.24) is 16.0 Å². The maximum Gasteiger partial charge on any atom is 0.258 e. The number of carbonyl (C=O) groups is 1. The Bertz CT molecular complexity index is 1020. The van der Waals surface area contributed by atoms with Crippen LogP contribution in [0.3, 0.4) is 0 Å². The largest absolute Gasteiger partial charge is 0.395 e. The third-order valence-corrected chi connectivity index (χ3v) is 6.13. The Morgan fingerprint density at radius 3 is 2.75 bits per heavy atom. The van der Waals surface area contributed by atoms with E-state index in [2.05, 4.69) is 67.1 Å². The van der Waals surface area contributed by atoms with Crippen LogP contribution in [0.25, 0.3) is 0 Å². The molecule has 6 heteroatoms. The fraction of sp³-hybridized carbons (Fsp3) is 0.385. The van der Waals surface area contributed by atoms with Crippen molar-refractivity contribution in [2.45, 2.75) is 46.5 Å². The van der Waals surface area contributed by atoms with E-state index >= 15 is 0 Å². The number of carbonyl (C=O) groups excluding carboxylic acids is 1. The molecule has 1 aliphatic carbocycles. The predicted molar refractivity (Wildman–Crippen MR) is 129 cm³/mol. The first kappa shape index (κ1) is 23.5. The average molecular weight is 435 g/mol. The Morgan fingerprint density at radius 1 is 1.28 bits per heavy atom. The predicted octanol–water partition coefficient (Wildman–Crippen LogP) is 3.56. The number of amidine groups is 1. The van der Waals surface area contributed by atoms with E-state index in [1.165, 1.54) is 16.7 Å². The fourth-order valence-electron chi connectivity index (χ4n) is 4.36. The number of aryl methyl sites for hydroxylation is 2. The van der Waals surface area contributed by atoms with Gasteiger partial charge in [-0.1, -0.05) is 44.2 Å². The van der Waals surface area contributed by atoms with Crippen LogP contribution in [0, 0.1) is 18.3 Å². The van der Waals surface area contributed by atoms with Crippen molar-refractivity contribution < 1.29 is 9.90 Å². The highest BCUT2D eigenvalue weighted by molar-refractivity contribution is 6.06. The molecule has 0 radical (unpaired) electrons. The van der Waals surface area contributed by atoms with Crippen LogP contribution in [0.4, 0.5) is 0 Å². The van der Waals surface area contributed by atoms with Crippen LogP contribution in [-0.2, 0) is 11.2 Å². The first-order valence-electron chi connectivity index (χ1n) is 11.3. The van der Waals surface area contributed by atoms with Crippen molar-refractivity contribution in [3.8, 4) is 0 Å². The summed E-state index contributed by atoms with van der Waals surface area (Å²) in [6, 6.07) is 6.68. The Balaban J connectivity index is 1.95. The maximum atomic E-state index is 12.8. The van der Waals surface area contributed by atoms with Crippen LogP contribution in [-0.4, -0.2) is 30.0 Å². The van der Waals surface area contributed by atoms with Gasteiger partial charge in [-0.3, -0.25) is 10.2 Å². The number of hydrogen-bond acceptors (Lipinski definition) is 4. The second-order valence-electron chi connectivity index (χ2n) is 8.31. The summed E-state index contributed by atoms with van der Waals surface area (Å²) in [7, 11) is 0. The Kier molecular flexibility index (Phi) is 7.70. The quantitative estimate of drug-likeness (QED) is 0.187. The molecule has 1 aromatic carbocycles. The van der Waals surface area contributed by atoms with Gasteiger partial charge in [0.1, 0.15) is 5.84 Å². The molecule has 1 fully saturated rings. The molecule has 1 aromatic rings. The summed E-state index contributed by atoms with van der Waals surface area (Å²) in [5.74, 6) is 0.530. The van der Waals surface area contributed by atoms with Gasteiger partial charge >= 0.3 is 0 Å². The van der Waals surface area contributed by atoms with E-state index in [-0.39, 0.29) is 24.3 Å². The van der Waals surface area contributed by atoms with Gasteiger partial charge in [0.15, 0.2) is 0 Å². The van der Waals surface area contributed by atoms with Crippen LogP contribution in [0.15, 0.2) is 65.2 Å². The van der Waals surface area contributed by atoms with Gasteiger partial charge in [-0.2, -0.15) is 0 Å². The normalized spacial score (nSPS) is 21.6. The lowest BCUT2D eigenvalue weighted by Gasteiger charge is -2.28. The molecule has 0 saturated carbocycles. The second-order valence-corrected chi connectivity index (χ2v) is 8.31. The summed E-state index contributed by atoms with van der Waals surface area (Å²) in [5.41, 5.74) is 6.89. The summed E-state index contributed by atoms with van der Waals surface area (Å²) in [5, 5.41) is 25.9. The van der Waals surface area contributed by atoms with Gasteiger partial charge in [0.2, 0.25) is 0 Å². The van der Waals surface area contributed by atoms with Crippen molar-refractivity contribution in [3.63, 3.8) is 0 Å². The number of hydrogen-bond donors (Lipinski definition) is 5. The third-order valence-electron chi connectivity index (χ3n) is 6.13. The summed E-state index contributed by atoms with van der Waals surface area (Å²) >= 11 is 0. The van der Waals surface area contributed by atoms with Crippen LogP contribution in [0.1, 0.15) is 49.8 Å². The van der Waals surface area contributed by atoms with E-state index in [1.807, 2.05) is 6.92 Å². The smallest absolute Gasteiger partial charge is 0.258 e. The van der Waals surface area contributed by atoms with Gasteiger partial charge in [0.25, 0.3) is 5.91 Å². The number of aliphatic hydroxyl groups excluding tert-OH is 1. The first-order chi connectivity index (χ1) is 15.4. The van der Waals surface area contributed by atoms with Crippen molar-refractivity contribution in [2.75, 3.05) is 13.2 Å². The lowest BCUT2D eigenvalue weighted by molar-refractivity contribution is -0.115. The summed E-state index contributed by atoms with van der Waals surface area (Å²) in [6.07, 6.45) is 9.57. The number of allylic oxidation sites excluding steroid dienone is 4. The highest BCUT2D eigenvalue weighted by Crippen LogP contribution is 2.42. The molecule has 3 rings (SSSR count). The molecule has 0 bridgehead atoms. The van der Waals surface area contributed by atoms with Crippen LogP contribution in [0.2, 0.25) is 0 Å². The molecule has 2 aliphatic rings. The fourth-order valence-corrected chi connectivity index (χ4v) is 4.36. The van der Waals surface area contributed by atoms with Crippen LogP contribution in [0.5, 0.6) is 0 Å². The molecule has 32 heavy (non-hydrogen) atoms. The molecule has 2 atom stereocenters. The molecule has 0 spiro atoms. The third kappa shape index (κ3) is 5.02. The monoisotopic (exact) mass is 434 g/mol. The van der Waals surface area contributed by atoms with Gasteiger partial charge in [-0.15, -0.1) is 0 Å². The SMILES string of the molecule is CCc1ccc(C)c(C2C=C3C(=CC2CC)NC(=O)/C3=C(/C)NC(=N)/C=C\NCCO)c1. The summed E-state index contributed by atoms with van der Waals surface area (Å²) in [6.45, 7) is 8.78. The Morgan fingerprint density at radius 2 is 2.06 bits per heavy atom. The topological polar surface area (TPSA) is 97.2 Å². The van der Waals surface area contributed by atoms with E-state index in [9.17, 15) is 4.79 Å². The zero-order valence-corrected chi connectivity index (χ0v) is 19.4. The molecule has 1 amide bonds. The van der Waals surface area contributed by atoms with E-state index in [1.54, 1.807) is 12.3 Å². The van der Waals surface area contributed by atoms with Gasteiger partial charge in [0, 0.05) is 35.6 Å². The highest BCUT2D eigenvalue weighted by atomic mass is 16.3. The molecule has 2 unspecified atom stereocenters. The minimum Gasteiger partial charge on any atom is -0.395 e. The van der Waals surface area contributed by atoms with Crippen LogP contribution < -0.4 is 16.0 Å². The van der Waals surface area contributed by atoms with Gasteiger partial charge in [-0.05, 0) is 55.4 Å². The molecule has 1 saturated heterocycles. The first-order valence-corrected chi connectivity index (χ1v) is 11.3. The molecule has 6 nitrogen and oxygen atoms in total. The molecule has 1 aliphatic heterocycles. The van der Waals surface area contributed by atoms with Gasteiger partial charge < -0.3 is 21.1 Å². The number of rotatable bonds is 8. The lowest BCUT2D eigenvalue weighted by Crippen LogP contribution is -2.23. The van der Waals surface area contributed by atoms with E-state index in [4.69, 9.17) is 10.5 Å². The van der Waals surface area contributed by atoms with E-state index < -0.39 is 0 Å². The van der Waals surface area contributed by atoms with Crippen molar-refractivity contribution >= 4 is 11.7 Å². The van der Waals surface area contributed by atoms with Gasteiger partial charge in [-0.25, -0.2) is 0 Å². The molecule has 170 valence electrons. The summed E-state index contributed by atoms with van der Waals surface area (Å²) < 4.78 is 0. The van der Waals surface area contributed by atoms with E-state index in [0.29, 0.717) is 23.7 Å². The molecule has 1 heterocycles.